The number of likely N-dealkylation sites (tertiary alicyclic amines) is 1. The quantitative estimate of drug-likeness (QED) is 0.857. The van der Waals surface area contributed by atoms with E-state index in [9.17, 15) is 9.59 Å². The second-order valence-electron chi connectivity index (χ2n) is 6.15. The summed E-state index contributed by atoms with van der Waals surface area (Å²) in [5.41, 5.74) is 0.534. The minimum atomic E-state index is -0.220. The molecule has 0 saturated carbocycles. The zero-order valence-corrected chi connectivity index (χ0v) is 14.2. The van der Waals surface area contributed by atoms with Crippen molar-refractivity contribution < 1.29 is 9.53 Å². The number of amides is 1. The lowest BCUT2D eigenvalue weighted by atomic mass is 10.1. The molecular formula is C18H23N3O3. The third kappa shape index (κ3) is 3.33. The first kappa shape index (κ1) is 16.6. The fraction of sp³-hybridized carbons (Fsp3) is 0.500. The number of hydrogen-bond donors (Lipinski definition) is 0. The minimum Gasteiger partial charge on any atom is -0.377 e. The molecule has 6 nitrogen and oxygen atoms in total. The number of carbonyl (C=O) groups is 1. The number of benzene rings is 1. The van der Waals surface area contributed by atoms with Gasteiger partial charge in [0.15, 0.2) is 0 Å². The normalized spacial score (nSPS) is 18.1. The summed E-state index contributed by atoms with van der Waals surface area (Å²) in [5.74, 6) is -0.0799. The van der Waals surface area contributed by atoms with Crippen molar-refractivity contribution in [3.05, 3.63) is 40.3 Å². The van der Waals surface area contributed by atoms with Gasteiger partial charge >= 0.3 is 0 Å². The van der Waals surface area contributed by atoms with Crippen molar-refractivity contribution in [1.29, 1.82) is 0 Å². The molecule has 0 unspecified atom stereocenters. The van der Waals surface area contributed by atoms with Crippen LogP contribution in [0.25, 0.3) is 10.8 Å². The van der Waals surface area contributed by atoms with E-state index in [4.69, 9.17) is 4.74 Å². The van der Waals surface area contributed by atoms with Crippen LogP contribution in [-0.2, 0) is 16.1 Å². The molecule has 0 bridgehead atoms. The molecule has 1 amide bonds. The van der Waals surface area contributed by atoms with Crippen LogP contribution >= 0.6 is 0 Å². The number of nitrogens with zero attached hydrogens (tertiary/aromatic N) is 3. The predicted molar refractivity (Wildman–Crippen MR) is 92.0 cm³/mol. The Balaban J connectivity index is 1.81. The molecular weight excluding hydrogens is 306 g/mol. The van der Waals surface area contributed by atoms with Crippen LogP contribution in [0.5, 0.6) is 0 Å². The molecule has 1 aliphatic heterocycles. The van der Waals surface area contributed by atoms with Gasteiger partial charge < -0.3 is 9.64 Å². The molecule has 0 spiro atoms. The number of aromatic nitrogens is 2. The molecule has 1 aromatic carbocycles. The molecule has 1 aliphatic rings. The SMILES string of the molecule is CCO[C@@H]1CCCN(C(=O)Cn2nc(C)c3ccccc3c2=O)C1. The first-order chi connectivity index (χ1) is 11.6. The molecule has 1 fully saturated rings. The fourth-order valence-corrected chi connectivity index (χ4v) is 3.28. The van der Waals surface area contributed by atoms with E-state index in [0.29, 0.717) is 25.1 Å². The third-order valence-electron chi connectivity index (χ3n) is 4.47. The van der Waals surface area contributed by atoms with Crippen molar-refractivity contribution in [3.8, 4) is 0 Å². The summed E-state index contributed by atoms with van der Waals surface area (Å²) in [6, 6.07) is 7.36. The van der Waals surface area contributed by atoms with Gasteiger partial charge in [0, 0.05) is 25.1 Å². The van der Waals surface area contributed by atoms with E-state index >= 15 is 0 Å². The van der Waals surface area contributed by atoms with Crippen molar-refractivity contribution in [3.63, 3.8) is 0 Å². The highest BCUT2D eigenvalue weighted by Crippen LogP contribution is 2.15. The zero-order chi connectivity index (χ0) is 17.1. The second-order valence-corrected chi connectivity index (χ2v) is 6.15. The molecule has 1 aromatic heterocycles. The van der Waals surface area contributed by atoms with E-state index in [2.05, 4.69) is 5.10 Å². The van der Waals surface area contributed by atoms with Crippen LogP contribution < -0.4 is 5.56 Å². The average molecular weight is 329 g/mol. The summed E-state index contributed by atoms with van der Waals surface area (Å²) in [5, 5.41) is 5.75. The van der Waals surface area contributed by atoms with Gasteiger partial charge in [-0.05, 0) is 32.8 Å². The molecule has 0 aliphatic carbocycles. The van der Waals surface area contributed by atoms with E-state index in [1.807, 2.05) is 32.0 Å². The molecule has 24 heavy (non-hydrogen) atoms. The number of aryl methyl sites for hydroxylation is 1. The van der Waals surface area contributed by atoms with Crippen LogP contribution in [0.4, 0.5) is 0 Å². The topological polar surface area (TPSA) is 64.4 Å². The molecule has 1 atom stereocenters. The van der Waals surface area contributed by atoms with Gasteiger partial charge in [-0.15, -0.1) is 0 Å². The summed E-state index contributed by atoms with van der Waals surface area (Å²) < 4.78 is 6.92. The Kier molecular flexibility index (Phi) is 4.94. The first-order valence-electron chi connectivity index (χ1n) is 8.46. The van der Waals surface area contributed by atoms with Gasteiger partial charge in [-0.2, -0.15) is 5.10 Å². The van der Waals surface area contributed by atoms with Crippen molar-refractivity contribution in [2.45, 2.75) is 39.3 Å². The van der Waals surface area contributed by atoms with Crippen LogP contribution in [0.2, 0.25) is 0 Å². The Morgan fingerprint density at radius 3 is 2.83 bits per heavy atom. The lowest BCUT2D eigenvalue weighted by Crippen LogP contribution is -2.45. The largest absolute Gasteiger partial charge is 0.377 e. The molecule has 3 rings (SSSR count). The van der Waals surface area contributed by atoms with Gasteiger partial charge in [0.2, 0.25) is 5.91 Å². The van der Waals surface area contributed by atoms with Gasteiger partial charge in [0.05, 0.1) is 17.2 Å². The van der Waals surface area contributed by atoms with E-state index < -0.39 is 0 Å². The van der Waals surface area contributed by atoms with E-state index in [0.717, 1.165) is 23.9 Å². The Labute approximate surface area is 141 Å². The predicted octanol–water partition coefficient (Wildman–Crippen LogP) is 1.73. The van der Waals surface area contributed by atoms with Gasteiger partial charge in [0.1, 0.15) is 6.54 Å². The van der Waals surface area contributed by atoms with E-state index in [1.54, 1.807) is 11.0 Å². The maximum absolute atomic E-state index is 12.6. The maximum Gasteiger partial charge on any atom is 0.275 e. The smallest absolute Gasteiger partial charge is 0.275 e. The summed E-state index contributed by atoms with van der Waals surface area (Å²) in [4.78, 5) is 26.9. The molecule has 1 saturated heterocycles. The van der Waals surface area contributed by atoms with Crippen LogP contribution in [-0.4, -0.2) is 46.4 Å². The maximum atomic E-state index is 12.6. The summed E-state index contributed by atoms with van der Waals surface area (Å²) in [6.45, 7) is 5.75. The Morgan fingerprint density at radius 2 is 2.08 bits per heavy atom. The van der Waals surface area contributed by atoms with Gasteiger partial charge in [-0.25, -0.2) is 4.68 Å². The van der Waals surface area contributed by atoms with Crippen molar-refractivity contribution in [2.75, 3.05) is 19.7 Å². The monoisotopic (exact) mass is 329 g/mol. The highest BCUT2D eigenvalue weighted by atomic mass is 16.5. The summed E-state index contributed by atoms with van der Waals surface area (Å²) >= 11 is 0. The molecule has 2 aromatic rings. The lowest BCUT2D eigenvalue weighted by Gasteiger charge is -2.32. The lowest BCUT2D eigenvalue weighted by molar-refractivity contribution is -0.136. The number of carbonyl (C=O) groups excluding carboxylic acids is 1. The third-order valence-corrected chi connectivity index (χ3v) is 4.47. The standard InChI is InChI=1S/C18H23N3O3/c1-3-24-14-7-6-10-20(11-14)17(22)12-21-18(23)16-9-5-4-8-15(16)13(2)19-21/h4-5,8-9,14H,3,6-7,10-12H2,1-2H3/t14-/m1/s1. The van der Waals surface area contributed by atoms with E-state index in [1.165, 1.54) is 4.68 Å². The number of fused-ring (bicyclic) bond motifs is 1. The molecule has 0 N–H and O–H groups in total. The van der Waals surface area contributed by atoms with Crippen LogP contribution in [0.15, 0.2) is 29.1 Å². The van der Waals surface area contributed by atoms with Gasteiger partial charge in [0.25, 0.3) is 5.56 Å². The molecule has 6 heteroatoms. The van der Waals surface area contributed by atoms with Crippen LogP contribution in [0.3, 0.4) is 0 Å². The molecule has 128 valence electrons. The molecule has 2 heterocycles. The highest BCUT2D eigenvalue weighted by Gasteiger charge is 2.24. The van der Waals surface area contributed by atoms with Crippen molar-refractivity contribution in [1.82, 2.24) is 14.7 Å². The molecule has 0 radical (unpaired) electrons. The van der Waals surface area contributed by atoms with E-state index in [-0.39, 0.29) is 24.1 Å². The van der Waals surface area contributed by atoms with Crippen molar-refractivity contribution in [2.24, 2.45) is 0 Å². The number of piperidine rings is 1. The minimum absolute atomic E-state index is 0.0245. The highest BCUT2D eigenvalue weighted by molar-refractivity contribution is 5.83. The van der Waals surface area contributed by atoms with Crippen molar-refractivity contribution >= 4 is 16.7 Å². The second kappa shape index (κ2) is 7.13. The Bertz CT molecular complexity index is 798. The van der Waals surface area contributed by atoms with Crippen LogP contribution in [0, 0.1) is 6.92 Å². The number of hydrogen-bond acceptors (Lipinski definition) is 4. The first-order valence-corrected chi connectivity index (χ1v) is 8.46. The van der Waals surface area contributed by atoms with Gasteiger partial charge in [-0.3, -0.25) is 9.59 Å². The summed E-state index contributed by atoms with van der Waals surface area (Å²) in [7, 11) is 0. The Hall–Kier alpha value is -2.21. The Morgan fingerprint density at radius 1 is 1.33 bits per heavy atom. The summed E-state index contributed by atoms with van der Waals surface area (Å²) in [6.07, 6.45) is 2.00. The fourth-order valence-electron chi connectivity index (χ4n) is 3.28. The average Bonchev–Trinajstić information content (AvgIpc) is 2.60. The zero-order valence-electron chi connectivity index (χ0n) is 14.2. The van der Waals surface area contributed by atoms with Crippen LogP contribution in [0.1, 0.15) is 25.5 Å². The van der Waals surface area contributed by atoms with Gasteiger partial charge in [-0.1, -0.05) is 18.2 Å². The number of ether oxygens (including phenoxy) is 1. The number of rotatable bonds is 4.